The maximum absolute atomic E-state index is 12.3. The van der Waals surface area contributed by atoms with Crippen LogP contribution in [0.4, 0.5) is 5.13 Å². The van der Waals surface area contributed by atoms with E-state index in [1.807, 2.05) is 6.07 Å². The van der Waals surface area contributed by atoms with E-state index in [1.54, 1.807) is 31.2 Å². The van der Waals surface area contributed by atoms with Gasteiger partial charge in [-0.15, -0.1) is 0 Å². The summed E-state index contributed by atoms with van der Waals surface area (Å²) in [5.41, 5.74) is 2.87. The van der Waals surface area contributed by atoms with E-state index in [4.69, 9.17) is 0 Å². The summed E-state index contributed by atoms with van der Waals surface area (Å²) in [6, 6.07) is 12.6. The SMILES string of the molecule is CCS(=O)(=O)c1ccc(CC(=O)Nc2nc3ccc(C(C)C)cc3s2)cc1. The highest BCUT2D eigenvalue weighted by atomic mass is 32.2. The minimum absolute atomic E-state index is 0.0585. The van der Waals surface area contributed by atoms with Gasteiger partial charge in [0.1, 0.15) is 0 Å². The maximum Gasteiger partial charge on any atom is 0.230 e. The number of nitrogens with one attached hydrogen (secondary N) is 1. The standard InChI is InChI=1S/C20H22N2O3S2/c1-4-27(24,25)16-8-5-14(6-9-16)11-19(23)22-20-21-17-10-7-15(13(2)3)12-18(17)26-20/h5-10,12-13H,4,11H2,1-3H3,(H,21,22,23). The molecular formula is C20H22N2O3S2. The highest BCUT2D eigenvalue weighted by molar-refractivity contribution is 7.91. The van der Waals surface area contributed by atoms with E-state index in [0.717, 1.165) is 15.8 Å². The fraction of sp³-hybridized carbons (Fsp3) is 0.300. The smallest absolute Gasteiger partial charge is 0.230 e. The third-order valence-electron chi connectivity index (χ3n) is 4.35. The van der Waals surface area contributed by atoms with Crippen LogP contribution in [0.3, 0.4) is 0 Å². The molecule has 1 heterocycles. The van der Waals surface area contributed by atoms with E-state index in [9.17, 15) is 13.2 Å². The van der Waals surface area contributed by atoms with Crippen molar-refractivity contribution in [1.82, 2.24) is 4.98 Å². The fourth-order valence-electron chi connectivity index (χ4n) is 2.68. The Labute approximate surface area is 163 Å². The molecule has 0 saturated heterocycles. The number of amides is 1. The number of fused-ring (bicyclic) bond motifs is 1. The molecule has 0 atom stereocenters. The van der Waals surface area contributed by atoms with Gasteiger partial charge in [0.2, 0.25) is 5.91 Å². The minimum Gasteiger partial charge on any atom is -0.302 e. The van der Waals surface area contributed by atoms with Crippen LogP contribution < -0.4 is 5.32 Å². The molecule has 2 aromatic carbocycles. The molecule has 3 aromatic rings. The fourth-order valence-corrected chi connectivity index (χ4v) is 4.50. The summed E-state index contributed by atoms with van der Waals surface area (Å²) in [4.78, 5) is 17.0. The van der Waals surface area contributed by atoms with Crippen molar-refractivity contribution in [1.29, 1.82) is 0 Å². The molecule has 0 spiro atoms. The summed E-state index contributed by atoms with van der Waals surface area (Å²) >= 11 is 1.45. The maximum atomic E-state index is 12.3. The van der Waals surface area contributed by atoms with Gasteiger partial charge in [-0.25, -0.2) is 13.4 Å². The highest BCUT2D eigenvalue weighted by Crippen LogP contribution is 2.29. The Kier molecular flexibility index (Phi) is 5.62. The topological polar surface area (TPSA) is 76.1 Å². The van der Waals surface area contributed by atoms with Gasteiger partial charge in [-0.2, -0.15) is 0 Å². The van der Waals surface area contributed by atoms with Crippen molar-refractivity contribution in [2.75, 3.05) is 11.1 Å². The molecule has 0 aliphatic heterocycles. The molecule has 1 aromatic heterocycles. The normalized spacial score (nSPS) is 11.9. The molecule has 0 saturated carbocycles. The summed E-state index contributed by atoms with van der Waals surface area (Å²) in [7, 11) is -3.23. The quantitative estimate of drug-likeness (QED) is 0.663. The van der Waals surface area contributed by atoms with Crippen LogP contribution >= 0.6 is 11.3 Å². The van der Waals surface area contributed by atoms with Crippen LogP contribution in [0.2, 0.25) is 0 Å². The molecule has 5 nitrogen and oxygen atoms in total. The molecule has 1 N–H and O–H groups in total. The molecule has 1 amide bonds. The first-order valence-electron chi connectivity index (χ1n) is 8.80. The Morgan fingerprint density at radius 2 is 1.85 bits per heavy atom. The summed E-state index contributed by atoms with van der Waals surface area (Å²) in [5.74, 6) is 0.321. The average Bonchev–Trinajstić information content (AvgIpc) is 3.03. The lowest BCUT2D eigenvalue weighted by Crippen LogP contribution is -2.14. The molecule has 7 heteroatoms. The van der Waals surface area contributed by atoms with E-state index < -0.39 is 9.84 Å². The first-order valence-corrected chi connectivity index (χ1v) is 11.3. The first-order chi connectivity index (χ1) is 12.8. The number of carbonyl (C=O) groups is 1. The number of hydrogen-bond acceptors (Lipinski definition) is 5. The van der Waals surface area contributed by atoms with Gasteiger partial charge in [-0.3, -0.25) is 4.79 Å². The van der Waals surface area contributed by atoms with Crippen LogP contribution in [0.25, 0.3) is 10.2 Å². The molecule has 0 bridgehead atoms. The number of sulfone groups is 1. The van der Waals surface area contributed by atoms with Gasteiger partial charge in [0.15, 0.2) is 15.0 Å². The zero-order valence-corrected chi connectivity index (χ0v) is 17.2. The molecule has 0 aliphatic rings. The van der Waals surface area contributed by atoms with Gasteiger partial charge in [-0.1, -0.05) is 50.3 Å². The van der Waals surface area contributed by atoms with Crippen molar-refractivity contribution in [2.24, 2.45) is 0 Å². The Morgan fingerprint density at radius 1 is 1.15 bits per heavy atom. The summed E-state index contributed by atoms with van der Waals surface area (Å²) in [6.07, 6.45) is 0.166. The molecule has 142 valence electrons. The van der Waals surface area contributed by atoms with Crippen LogP contribution in [0.5, 0.6) is 0 Å². The van der Waals surface area contributed by atoms with Crippen LogP contribution in [0.1, 0.15) is 37.8 Å². The minimum atomic E-state index is -3.23. The van der Waals surface area contributed by atoms with Gasteiger partial charge in [0.25, 0.3) is 0 Å². The van der Waals surface area contributed by atoms with E-state index in [0.29, 0.717) is 11.0 Å². The molecule has 3 rings (SSSR count). The Balaban J connectivity index is 1.69. The number of benzene rings is 2. The zero-order valence-electron chi connectivity index (χ0n) is 15.5. The van der Waals surface area contributed by atoms with Crippen molar-refractivity contribution < 1.29 is 13.2 Å². The van der Waals surface area contributed by atoms with E-state index in [-0.39, 0.29) is 23.0 Å². The Morgan fingerprint density at radius 3 is 2.48 bits per heavy atom. The number of nitrogens with zero attached hydrogens (tertiary/aromatic N) is 1. The number of carbonyl (C=O) groups excluding carboxylic acids is 1. The summed E-state index contributed by atoms with van der Waals surface area (Å²) < 4.78 is 24.7. The first kappa shape index (κ1) is 19.5. The third kappa shape index (κ3) is 4.54. The predicted molar refractivity (Wildman–Crippen MR) is 110 cm³/mol. The third-order valence-corrected chi connectivity index (χ3v) is 7.04. The second-order valence-corrected chi connectivity index (χ2v) is 9.98. The summed E-state index contributed by atoms with van der Waals surface area (Å²) in [5, 5.41) is 3.41. The lowest BCUT2D eigenvalue weighted by atomic mass is 10.0. The van der Waals surface area contributed by atoms with E-state index in [1.165, 1.54) is 16.9 Å². The molecule has 0 fully saturated rings. The number of hydrogen-bond donors (Lipinski definition) is 1. The van der Waals surface area contributed by atoms with Crippen molar-refractivity contribution in [3.05, 3.63) is 53.6 Å². The van der Waals surface area contributed by atoms with Crippen LogP contribution in [-0.2, 0) is 21.1 Å². The van der Waals surface area contributed by atoms with E-state index >= 15 is 0 Å². The molecule has 0 unspecified atom stereocenters. The predicted octanol–water partition coefficient (Wildman–Crippen LogP) is 4.39. The number of rotatable bonds is 6. The Hall–Kier alpha value is -2.25. The second kappa shape index (κ2) is 7.78. The average molecular weight is 403 g/mol. The van der Waals surface area contributed by atoms with Gasteiger partial charge < -0.3 is 5.32 Å². The lowest BCUT2D eigenvalue weighted by Gasteiger charge is -2.04. The second-order valence-electron chi connectivity index (χ2n) is 6.67. The van der Waals surface area contributed by atoms with Crippen LogP contribution in [0.15, 0.2) is 47.4 Å². The Bertz CT molecular complexity index is 1070. The van der Waals surface area contributed by atoms with Crippen molar-refractivity contribution >= 4 is 42.4 Å². The number of thiazole rings is 1. The van der Waals surface area contributed by atoms with Crippen molar-refractivity contribution in [3.8, 4) is 0 Å². The lowest BCUT2D eigenvalue weighted by molar-refractivity contribution is -0.115. The largest absolute Gasteiger partial charge is 0.302 e. The zero-order chi connectivity index (χ0) is 19.6. The highest BCUT2D eigenvalue weighted by Gasteiger charge is 2.13. The van der Waals surface area contributed by atoms with E-state index in [2.05, 4.69) is 36.3 Å². The van der Waals surface area contributed by atoms with Gasteiger partial charge in [0, 0.05) is 0 Å². The van der Waals surface area contributed by atoms with Crippen molar-refractivity contribution in [2.45, 2.75) is 38.0 Å². The number of aromatic nitrogens is 1. The molecule has 27 heavy (non-hydrogen) atoms. The monoisotopic (exact) mass is 402 g/mol. The van der Waals surface area contributed by atoms with Gasteiger partial charge in [0.05, 0.1) is 27.3 Å². The van der Waals surface area contributed by atoms with Crippen LogP contribution in [-0.4, -0.2) is 25.1 Å². The number of anilines is 1. The van der Waals surface area contributed by atoms with Gasteiger partial charge in [-0.05, 0) is 41.3 Å². The van der Waals surface area contributed by atoms with Crippen LogP contribution in [0, 0.1) is 0 Å². The van der Waals surface area contributed by atoms with Crippen molar-refractivity contribution in [3.63, 3.8) is 0 Å². The van der Waals surface area contributed by atoms with Gasteiger partial charge >= 0.3 is 0 Å². The molecular weight excluding hydrogens is 380 g/mol. The molecule has 0 aliphatic carbocycles. The molecule has 0 radical (unpaired) electrons. The summed E-state index contributed by atoms with van der Waals surface area (Å²) in [6.45, 7) is 5.89.